The number of hydrogen-bond acceptors (Lipinski definition) is 3. The molecule has 0 bridgehead atoms. The van der Waals surface area contributed by atoms with Crippen molar-refractivity contribution in [3.05, 3.63) is 24.0 Å². The van der Waals surface area contributed by atoms with Gasteiger partial charge in [-0.05, 0) is 32.0 Å². The minimum Gasteiger partial charge on any atom is -0.373 e. The third-order valence-electron chi connectivity index (χ3n) is 2.37. The number of hydrogen-bond donors (Lipinski definition) is 1. The van der Waals surface area contributed by atoms with Crippen LogP contribution in [0, 0.1) is 6.92 Å². The zero-order chi connectivity index (χ0) is 11.1. The van der Waals surface area contributed by atoms with Gasteiger partial charge in [-0.2, -0.15) is 0 Å². The van der Waals surface area contributed by atoms with E-state index in [1.165, 1.54) is 12.1 Å². The molecule has 0 aliphatic rings. The SMILES string of the molecule is CCCNCCN(C)c1ccnc(C)c1. The van der Waals surface area contributed by atoms with E-state index in [4.69, 9.17) is 0 Å². The molecule has 0 unspecified atom stereocenters. The van der Waals surface area contributed by atoms with E-state index in [9.17, 15) is 0 Å². The van der Waals surface area contributed by atoms with Gasteiger partial charge in [-0.1, -0.05) is 6.92 Å². The quantitative estimate of drug-likeness (QED) is 0.721. The molecule has 0 fully saturated rings. The second-order valence-corrected chi connectivity index (χ2v) is 3.83. The van der Waals surface area contributed by atoms with Gasteiger partial charge >= 0.3 is 0 Å². The Hall–Kier alpha value is -1.09. The van der Waals surface area contributed by atoms with Gasteiger partial charge in [0.25, 0.3) is 0 Å². The van der Waals surface area contributed by atoms with E-state index >= 15 is 0 Å². The first-order valence-electron chi connectivity index (χ1n) is 5.58. The molecule has 3 heteroatoms. The summed E-state index contributed by atoms with van der Waals surface area (Å²) >= 11 is 0. The van der Waals surface area contributed by atoms with Crippen molar-refractivity contribution in [2.24, 2.45) is 0 Å². The van der Waals surface area contributed by atoms with Crippen LogP contribution in [0.25, 0.3) is 0 Å². The van der Waals surface area contributed by atoms with E-state index < -0.39 is 0 Å². The second-order valence-electron chi connectivity index (χ2n) is 3.83. The minimum absolute atomic E-state index is 1.03. The molecule has 0 saturated heterocycles. The molecule has 0 spiro atoms. The lowest BCUT2D eigenvalue weighted by Crippen LogP contribution is -2.29. The number of likely N-dealkylation sites (N-methyl/N-ethyl adjacent to an activating group) is 1. The summed E-state index contributed by atoms with van der Waals surface area (Å²) in [6, 6.07) is 4.16. The average Bonchev–Trinajstić information content (AvgIpc) is 2.24. The third-order valence-corrected chi connectivity index (χ3v) is 2.37. The molecule has 0 aromatic carbocycles. The van der Waals surface area contributed by atoms with Crippen LogP contribution >= 0.6 is 0 Å². The van der Waals surface area contributed by atoms with Crippen LogP contribution in [0.2, 0.25) is 0 Å². The molecule has 1 N–H and O–H groups in total. The van der Waals surface area contributed by atoms with Crippen molar-refractivity contribution >= 4 is 5.69 Å². The molecule has 1 aromatic rings. The zero-order valence-corrected chi connectivity index (χ0v) is 9.95. The highest BCUT2D eigenvalue weighted by molar-refractivity contribution is 5.45. The normalized spacial score (nSPS) is 10.3. The fourth-order valence-corrected chi connectivity index (χ4v) is 1.45. The Balaban J connectivity index is 2.36. The third kappa shape index (κ3) is 4.30. The number of aryl methyl sites for hydroxylation is 1. The number of nitrogens with one attached hydrogen (secondary N) is 1. The highest BCUT2D eigenvalue weighted by atomic mass is 15.1. The summed E-state index contributed by atoms with van der Waals surface area (Å²) in [6.07, 6.45) is 3.05. The smallest absolute Gasteiger partial charge is 0.0397 e. The van der Waals surface area contributed by atoms with Crippen LogP contribution in [0.4, 0.5) is 5.69 Å². The molecule has 3 nitrogen and oxygen atoms in total. The maximum Gasteiger partial charge on any atom is 0.0397 e. The van der Waals surface area contributed by atoms with Crippen molar-refractivity contribution in [2.45, 2.75) is 20.3 Å². The highest BCUT2D eigenvalue weighted by Gasteiger charge is 1.99. The first kappa shape index (κ1) is 12.0. The Morgan fingerprint density at radius 3 is 2.87 bits per heavy atom. The van der Waals surface area contributed by atoms with E-state index in [1.54, 1.807) is 0 Å². The van der Waals surface area contributed by atoms with Crippen LogP contribution in [0.3, 0.4) is 0 Å². The molecule has 15 heavy (non-hydrogen) atoms. The predicted molar refractivity (Wildman–Crippen MR) is 65.4 cm³/mol. The Bertz CT molecular complexity index is 286. The van der Waals surface area contributed by atoms with Gasteiger partial charge in [0.05, 0.1) is 0 Å². The van der Waals surface area contributed by atoms with Gasteiger partial charge in [-0.15, -0.1) is 0 Å². The van der Waals surface area contributed by atoms with E-state index in [-0.39, 0.29) is 0 Å². The largest absolute Gasteiger partial charge is 0.373 e. The van der Waals surface area contributed by atoms with E-state index in [2.05, 4.69) is 35.2 Å². The van der Waals surface area contributed by atoms with Crippen molar-refractivity contribution in [1.82, 2.24) is 10.3 Å². The minimum atomic E-state index is 1.03. The first-order valence-corrected chi connectivity index (χ1v) is 5.58. The fraction of sp³-hybridized carbons (Fsp3) is 0.583. The summed E-state index contributed by atoms with van der Waals surface area (Å²) in [7, 11) is 2.11. The Kier molecular flexibility index (Phi) is 5.12. The maximum atomic E-state index is 4.19. The molecule has 84 valence electrons. The molecular formula is C12H21N3. The van der Waals surface area contributed by atoms with Crippen molar-refractivity contribution in [2.75, 3.05) is 31.6 Å². The maximum absolute atomic E-state index is 4.19. The number of rotatable bonds is 6. The number of nitrogens with zero attached hydrogens (tertiary/aromatic N) is 2. The molecule has 1 heterocycles. The van der Waals surface area contributed by atoms with Gasteiger partial charge in [-0.25, -0.2) is 0 Å². The molecule has 0 aliphatic carbocycles. The molecule has 1 rings (SSSR count). The summed E-state index contributed by atoms with van der Waals surface area (Å²) in [5, 5.41) is 3.39. The molecular weight excluding hydrogens is 186 g/mol. The Labute approximate surface area is 92.5 Å². The van der Waals surface area contributed by atoms with Crippen molar-refractivity contribution in [1.29, 1.82) is 0 Å². The van der Waals surface area contributed by atoms with Crippen LogP contribution in [-0.2, 0) is 0 Å². The van der Waals surface area contributed by atoms with Crippen LogP contribution in [-0.4, -0.2) is 31.7 Å². The van der Waals surface area contributed by atoms with Gasteiger partial charge in [0.1, 0.15) is 0 Å². The monoisotopic (exact) mass is 207 g/mol. The summed E-state index contributed by atoms with van der Waals surface area (Å²) in [5.74, 6) is 0. The number of aromatic nitrogens is 1. The van der Waals surface area contributed by atoms with Gasteiger partial charge in [0, 0.05) is 37.7 Å². The summed E-state index contributed by atoms with van der Waals surface area (Å²) in [6.45, 7) is 7.37. The first-order chi connectivity index (χ1) is 7.24. The van der Waals surface area contributed by atoms with E-state index in [0.717, 1.165) is 25.3 Å². The Morgan fingerprint density at radius 1 is 1.40 bits per heavy atom. The lowest BCUT2D eigenvalue weighted by Gasteiger charge is -2.19. The van der Waals surface area contributed by atoms with Gasteiger partial charge in [0.15, 0.2) is 0 Å². The summed E-state index contributed by atoms with van der Waals surface area (Å²) < 4.78 is 0. The molecule has 0 saturated carbocycles. The molecule has 0 amide bonds. The predicted octanol–water partition coefficient (Wildman–Crippen LogP) is 1.83. The lowest BCUT2D eigenvalue weighted by atomic mass is 10.3. The van der Waals surface area contributed by atoms with Crippen LogP contribution in [0.1, 0.15) is 19.0 Å². The van der Waals surface area contributed by atoms with Crippen LogP contribution < -0.4 is 10.2 Å². The zero-order valence-electron chi connectivity index (χ0n) is 9.95. The molecule has 1 aromatic heterocycles. The van der Waals surface area contributed by atoms with Crippen LogP contribution in [0.15, 0.2) is 18.3 Å². The number of pyridine rings is 1. The Morgan fingerprint density at radius 2 is 2.20 bits per heavy atom. The molecule has 0 radical (unpaired) electrons. The second kappa shape index (κ2) is 6.40. The summed E-state index contributed by atoms with van der Waals surface area (Å²) in [4.78, 5) is 6.44. The lowest BCUT2D eigenvalue weighted by molar-refractivity contribution is 0.666. The average molecular weight is 207 g/mol. The van der Waals surface area contributed by atoms with Gasteiger partial charge in [0.2, 0.25) is 0 Å². The fourth-order valence-electron chi connectivity index (χ4n) is 1.45. The highest BCUT2D eigenvalue weighted by Crippen LogP contribution is 2.11. The summed E-state index contributed by atoms with van der Waals surface area (Å²) in [5.41, 5.74) is 2.31. The molecule has 0 atom stereocenters. The van der Waals surface area contributed by atoms with Crippen molar-refractivity contribution in [3.63, 3.8) is 0 Å². The standard InChI is InChI=1S/C12H21N3/c1-4-6-13-8-9-15(3)12-5-7-14-11(2)10-12/h5,7,10,13H,4,6,8-9H2,1-3H3. The van der Waals surface area contributed by atoms with E-state index in [0.29, 0.717) is 0 Å². The van der Waals surface area contributed by atoms with Crippen molar-refractivity contribution in [3.8, 4) is 0 Å². The van der Waals surface area contributed by atoms with Crippen LogP contribution in [0.5, 0.6) is 0 Å². The van der Waals surface area contributed by atoms with Gasteiger partial charge in [-0.3, -0.25) is 4.98 Å². The van der Waals surface area contributed by atoms with E-state index in [1.807, 2.05) is 19.2 Å². The van der Waals surface area contributed by atoms with Crippen molar-refractivity contribution < 1.29 is 0 Å². The van der Waals surface area contributed by atoms with Gasteiger partial charge < -0.3 is 10.2 Å². The number of anilines is 1. The molecule has 0 aliphatic heterocycles. The topological polar surface area (TPSA) is 28.2 Å².